The molecule has 0 spiro atoms. The second-order valence-corrected chi connectivity index (χ2v) is 5.70. The summed E-state index contributed by atoms with van der Waals surface area (Å²) in [5, 5.41) is 2.55. The van der Waals surface area contributed by atoms with E-state index in [1.54, 1.807) is 20.8 Å². The van der Waals surface area contributed by atoms with E-state index in [0.29, 0.717) is 13.0 Å². The van der Waals surface area contributed by atoms with Gasteiger partial charge in [0.1, 0.15) is 11.6 Å². The lowest BCUT2D eigenvalue weighted by Crippen LogP contribution is -2.49. The Bertz CT molecular complexity index is 373. The normalized spacial score (nSPS) is 20.7. The van der Waals surface area contributed by atoms with Gasteiger partial charge in [-0.25, -0.2) is 4.79 Å². The molecule has 3 amide bonds. The zero-order valence-corrected chi connectivity index (χ0v) is 12.0. The molecule has 0 radical (unpaired) electrons. The van der Waals surface area contributed by atoms with Crippen molar-refractivity contribution in [1.82, 2.24) is 10.2 Å². The highest BCUT2D eigenvalue weighted by atomic mass is 16.6. The Kier molecular flexibility index (Phi) is 4.91. The number of nitrogens with one attached hydrogen (secondary N) is 1. The number of hydrogen-bond acceptors (Lipinski definition) is 4. The summed E-state index contributed by atoms with van der Waals surface area (Å²) in [5.74, 6) is -0.640. The fraction of sp³-hybridized carbons (Fsp3) is 0.769. The number of carbonyl (C=O) groups excluding carboxylic acids is 3. The Hall–Kier alpha value is -1.59. The molecule has 0 unspecified atom stereocenters. The Labute approximate surface area is 113 Å². The van der Waals surface area contributed by atoms with E-state index in [2.05, 4.69) is 5.32 Å². The first-order chi connectivity index (χ1) is 8.70. The fourth-order valence-electron chi connectivity index (χ4n) is 1.94. The summed E-state index contributed by atoms with van der Waals surface area (Å²) in [5.41, 5.74) is -0.613. The molecule has 1 heterocycles. The van der Waals surface area contributed by atoms with Gasteiger partial charge in [-0.15, -0.1) is 0 Å². The second-order valence-electron chi connectivity index (χ2n) is 5.70. The first-order valence-electron chi connectivity index (χ1n) is 6.52. The van der Waals surface area contributed by atoms with Gasteiger partial charge in [-0.1, -0.05) is 0 Å². The SMILES string of the molecule is CC(=O)N1CCCC[C@H](NC(=O)OC(C)(C)C)C1=O. The molecule has 0 aromatic heterocycles. The first-order valence-corrected chi connectivity index (χ1v) is 6.52. The highest BCUT2D eigenvalue weighted by molar-refractivity contribution is 5.98. The van der Waals surface area contributed by atoms with E-state index in [4.69, 9.17) is 4.74 Å². The fourth-order valence-corrected chi connectivity index (χ4v) is 1.94. The van der Waals surface area contributed by atoms with E-state index in [1.165, 1.54) is 11.8 Å². The zero-order valence-electron chi connectivity index (χ0n) is 12.0. The number of ether oxygens (including phenoxy) is 1. The third-order valence-corrected chi connectivity index (χ3v) is 2.76. The third-order valence-electron chi connectivity index (χ3n) is 2.76. The maximum absolute atomic E-state index is 12.1. The quantitative estimate of drug-likeness (QED) is 0.782. The van der Waals surface area contributed by atoms with Gasteiger partial charge in [0.05, 0.1) is 0 Å². The molecule has 0 aliphatic carbocycles. The number of nitrogens with zero attached hydrogens (tertiary/aromatic N) is 1. The van der Waals surface area contributed by atoms with Crippen LogP contribution >= 0.6 is 0 Å². The van der Waals surface area contributed by atoms with Crippen molar-refractivity contribution < 1.29 is 19.1 Å². The standard InChI is InChI=1S/C13H22N2O4/c1-9(16)15-8-6-5-7-10(11(15)17)14-12(18)19-13(2,3)4/h10H,5-8H2,1-4H3,(H,14,18)/t10-/m0/s1. The highest BCUT2D eigenvalue weighted by Gasteiger charge is 2.31. The molecule has 1 saturated heterocycles. The molecule has 1 N–H and O–H groups in total. The molecule has 1 rings (SSSR count). The summed E-state index contributed by atoms with van der Waals surface area (Å²) < 4.78 is 5.12. The smallest absolute Gasteiger partial charge is 0.408 e. The van der Waals surface area contributed by atoms with Gasteiger partial charge >= 0.3 is 6.09 Å². The Balaban J connectivity index is 2.67. The summed E-state index contributed by atoms with van der Waals surface area (Å²) in [4.78, 5) is 36.4. The lowest BCUT2D eigenvalue weighted by atomic mass is 10.1. The molecule has 1 aliphatic heterocycles. The number of rotatable bonds is 1. The minimum absolute atomic E-state index is 0.289. The van der Waals surface area contributed by atoms with Gasteiger partial charge in [-0.05, 0) is 40.0 Å². The maximum atomic E-state index is 12.1. The van der Waals surface area contributed by atoms with Crippen molar-refractivity contribution in [1.29, 1.82) is 0 Å². The van der Waals surface area contributed by atoms with E-state index in [-0.39, 0.29) is 11.8 Å². The van der Waals surface area contributed by atoms with Crippen LogP contribution in [0, 0.1) is 0 Å². The van der Waals surface area contributed by atoms with Gasteiger partial charge in [-0.2, -0.15) is 0 Å². The van der Waals surface area contributed by atoms with Gasteiger partial charge in [0.2, 0.25) is 5.91 Å². The van der Waals surface area contributed by atoms with Crippen LogP contribution in [0.5, 0.6) is 0 Å². The molecule has 19 heavy (non-hydrogen) atoms. The minimum Gasteiger partial charge on any atom is -0.444 e. The maximum Gasteiger partial charge on any atom is 0.408 e. The number of amides is 3. The van der Waals surface area contributed by atoms with Crippen molar-refractivity contribution in [2.45, 2.75) is 58.6 Å². The largest absolute Gasteiger partial charge is 0.444 e. The van der Waals surface area contributed by atoms with Gasteiger partial charge in [-0.3, -0.25) is 14.5 Å². The summed E-state index contributed by atoms with van der Waals surface area (Å²) in [6, 6.07) is -0.679. The predicted molar refractivity (Wildman–Crippen MR) is 69.4 cm³/mol. The molecule has 1 fully saturated rings. The summed E-state index contributed by atoms with van der Waals surface area (Å²) in [6.07, 6.45) is 1.45. The van der Waals surface area contributed by atoms with E-state index in [0.717, 1.165) is 12.8 Å². The van der Waals surface area contributed by atoms with Crippen molar-refractivity contribution in [2.24, 2.45) is 0 Å². The van der Waals surface area contributed by atoms with Crippen LogP contribution in [0.25, 0.3) is 0 Å². The molecule has 6 heteroatoms. The Morgan fingerprint density at radius 1 is 1.32 bits per heavy atom. The lowest BCUT2D eigenvalue weighted by molar-refractivity contribution is -0.144. The van der Waals surface area contributed by atoms with Crippen LogP contribution in [-0.4, -0.2) is 41.0 Å². The molecule has 0 bridgehead atoms. The molecular formula is C13H22N2O4. The van der Waals surface area contributed by atoms with Crippen LogP contribution in [0.15, 0.2) is 0 Å². The summed E-state index contributed by atoms with van der Waals surface area (Å²) in [7, 11) is 0. The second kappa shape index (κ2) is 6.04. The molecule has 0 aromatic carbocycles. The van der Waals surface area contributed by atoms with Gasteiger partial charge in [0.15, 0.2) is 0 Å². The highest BCUT2D eigenvalue weighted by Crippen LogP contribution is 2.14. The van der Waals surface area contributed by atoms with E-state index in [1.807, 2.05) is 0 Å². The topological polar surface area (TPSA) is 75.7 Å². The van der Waals surface area contributed by atoms with E-state index in [9.17, 15) is 14.4 Å². The van der Waals surface area contributed by atoms with Crippen LogP contribution in [0.1, 0.15) is 47.0 Å². The molecule has 0 aromatic rings. The number of carbonyl (C=O) groups is 3. The van der Waals surface area contributed by atoms with Crippen molar-refractivity contribution in [2.75, 3.05) is 6.54 Å². The predicted octanol–water partition coefficient (Wildman–Crippen LogP) is 1.44. The monoisotopic (exact) mass is 270 g/mol. The van der Waals surface area contributed by atoms with Crippen molar-refractivity contribution >= 4 is 17.9 Å². The molecule has 1 atom stereocenters. The van der Waals surface area contributed by atoms with Crippen molar-refractivity contribution in [3.05, 3.63) is 0 Å². The van der Waals surface area contributed by atoms with Crippen LogP contribution in [0.4, 0.5) is 4.79 Å². The molecule has 6 nitrogen and oxygen atoms in total. The number of imide groups is 1. The number of hydrogen-bond donors (Lipinski definition) is 1. The zero-order chi connectivity index (χ0) is 14.6. The van der Waals surface area contributed by atoms with Gasteiger partial charge in [0, 0.05) is 13.5 Å². The number of alkyl carbamates (subject to hydrolysis) is 1. The average molecular weight is 270 g/mol. The molecular weight excluding hydrogens is 248 g/mol. The summed E-state index contributed by atoms with van der Waals surface area (Å²) in [6.45, 7) is 7.03. The van der Waals surface area contributed by atoms with Gasteiger partial charge < -0.3 is 10.1 Å². The molecule has 1 aliphatic rings. The van der Waals surface area contributed by atoms with Gasteiger partial charge in [0.25, 0.3) is 5.91 Å². The van der Waals surface area contributed by atoms with Crippen LogP contribution in [-0.2, 0) is 14.3 Å². The van der Waals surface area contributed by atoms with Crippen LogP contribution < -0.4 is 5.32 Å². The van der Waals surface area contributed by atoms with Crippen LogP contribution in [0.3, 0.4) is 0 Å². The minimum atomic E-state index is -0.679. The van der Waals surface area contributed by atoms with Crippen LogP contribution in [0.2, 0.25) is 0 Å². The first kappa shape index (κ1) is 15.5. The van der Waals surface area contributed by atoms with E-state index < -0.39 is 17.7 Å². The third kappa shape index (κ3) is 4.89. The van der Waals surface area contributed by atoms with E-state index >= 15 is 0 Å². The van der Waals surface area contributed by atoms with Crippen molar-refractivity contribution in [3.63, 3.8) is 0 Å². The Morgan fingerprint density at radius 2 is 1.95 bits per heavy atom. The average Bonchev–Trinajstić information content (AvgIpc) is 2.39. The molecule has 108 valence electrons. The Morgan fingerprint density at radius 3 is 2.47 bits per heavy atom. The van der Waals surface area contributed by atoms with Crippen molar-refractivity contribution in [3.8, 4) is 0 Å². The molecule has 0 saturated carbocycles. The lowest BCUT2D eigenvalue weighted by Gasteiger charge is -2.24. The summed E-state index contributed by atoms with van der Waals surface area (Å²) >= 11 is 0. The number of likely N-dealkylation sites (tertiary alicyclic amines) is 1.